The monoisotopic (exact) mass is 315 g/mol. The number of carbonyl (C=O) groups is 1. The smallest absolute Gasteiger partial charge is 0.289 e. The summed E-state index contributed by atoms with van der Waals surface area (Å²) in [6, 6.07) is 5.39. The SMILES string of the molecule is O=C(c1cc2ncccc2o1)N1CCC(CN2CCOCC2)C1. The molecule has 1 amide bonds. The number of carbonyl (C=O) groups excluding carboxylic acids is 1. The second kappa shape index (κ2) is 6.29. The van der Waals surface area contributed by atoms with Crippen molar-refractivity contribution >= 4 is 17.0 Å². The van der Waals surface area contributed by atoms with E-state index in [2.05, 4.69) is 9.88 Å². The van der Waals surface area contributed by atoms with Crippen molar-refractivity contribution in [2.24, 2.45) is 5.92 Å². The van der Waals surface area contributed by atoms with Crippen LogP contribution >= 0.6 is 0 Å². The number of rotatable bonds is 3. The Labute approximate surface area is 135 Å². The molecule has 4 rings (SSSR count). The molecule has 0 aliphatic carbocycles. The summed E-state index contributed by atoms with van der Waals surface area (Å²) in [5.74, 6) is 0.915. The molecule has 0 spiro atoms. The second-order valence-corrected chi connectivity index (χ2v) is 6.32. The summed E-state index contributed by atoms with van der Waals surface area (Å²) < 4.78 is 11.0. The van der Waals surface area contributed by atoms with Gasteiger partial charge in [0.2, 0.25) is 0 Å². The average Bonchev–Trinajstić information content (AvgIpc) is 3.21. The minimum Gasteiger partial charge on any atom is -0.449 e. The lowest BCUT2D eigenvalue weighted by molar-refractivity contribution is 0.0310. The molecular formula is C17H21N3O3. The lowest BCUT2D eigenvalue weighted by Crippen LogP contribution is -2.40. The van der Waals surface area contributed by atoms with E-state index >= 15 is 0 Å². The number of likely N-dealkylation sites (tertiary alicyclic amines) is 1. The van der Waals surface area contributed by atoms with Gasteiger partial charge in [-0.1, -0.05) is 0 Å². The zero-order valence-electron chi connectivity index (χ0n) is 13.1. The van der Waals surface area contributed by atoms with Gasteiger partial charge in [-0.05, 0) is 24.5 Å². The van der Waals surface area contributed by atoms with Crippen LogP contribution in [0.2, 0.25) is 0 Å². The van der Waals surface area contributed by atoms with Crippen LogP contribution in [0.4, 0.5) is 0 Å². The molecule has 1 atom stereocenters. The molecule has 2 aromatic heterocycles. The maximum atomic E-state index is 12.6. The number of fused-ring (bicyclic) bond motifs is 1. The summed E-state index contributed by atoms with van der Waals surface area (Å²) in [5.41, 5.74) is 1.40. The lowest BCUT2D eigenvalue weighted by Gasteiger charge is -2.28. The highest BCUT2D eigenvalue weighted by molar-refractivity contribution is 5.95. The summed E-state index contributed by atoms with van der Waals surface area (Å²) >= 11 is 0. The Bertz CT molecular complexity index is 660. The van der Waals surface area contributed by atoms with Gasteiger partial charge < -0.3 is 14.1 Å². The highest BCUT2D eigenvalue weighted by atomic mass is 16.5. The van der Waals surface area contributed by atoms with Crippen LogP contribution in [0.25, 0.3) is 11.1 Å². The van der Waals surface area contributed by atoms with E-state index in [1.165, 1.54) is 0 Å². The van der Waals surface area contributed by atoms with Gasteiger partial charge in [-0.3, -0.25) is 14.7 Å². The molecule has 2 aromatic rings. The maximum Gasteiger partial charge on any atom is 0.289 e. The summed E-state index contributed by atoms with van der Waals surface area (Å²) in [6.45, 7) is 6.30. The third kappa shape index (κ3) is 3.09. The zero-order chi connectivity index (χ0) is 15.6. The standard InChI is InChI=1S/C17H21N3O3/c21-17(16-10-14-15(23-16)2-1-4-18-14)20-5-3-13(12-20)11-19-6-8-22-9-7-19/h1-2,4,10,13H,3,5-9,11-12H2. The molecule has 23 heavy (non-hydrogen) atoms. The van der Waals surface area contributed by atoms with Crippen LogP contribution in [-0.2, 0) is 4.74 Å². The summed E-state index contributed by atoms with van der Waals surface area (Å²) in [6.07, 6.45) is 2.77. The number of morpholine rings is 1. The number of hydrogen-bond donors (Lipinski definition) is 0. The van der Waals surface area contributed by atoms with E-state index in [1.54, 1.807) is 12.3 Å². The first-order valence-corrected chi connectivity index (χ1v) is 8.23. The van der Waals surface area contributed by atoms with Gasteiger partial charge in [-0.25, -0.2) is 0 Å². The number of hydrogen-bond acceptors (Lipinski definition) is 5. The van der Waals surface area contributed by atoms with Crippen LogP contribution < -0.4 is 0 Å². The van der Waals surface area contributed by atoms with E-state index in [1.807, 2.05) is 17.0 Å². The molecule has 2 saturated heterocycles. The topological polar surface area (TPSA) is 58.8 Å². The van der Waals surface area contributed by atoms with Crippen molar-refractivity contribution in [1.29, 1.82) is 0 Å². The minimum atomic E-state index is -0.0209. The predicted molar refractivity (Wildman–Crippen MR) is 85.3 cm³/mol. The highest BCUT2D eigenvalue weighted by Gasteiger charge is 2.30. The Morgan fingerprint density at radius 1 is 1.30 bits per heavy atom. The van der Waals surface area contributed by atoms with Crippen LogP contribution in [0.3, 0.4) is 0 Å². The number of furan rings is 1. The Kier molecular flexibility index (Phi) is 4.01. The lowest BCUT2D eigenvalue weighted by atomic mass is 10.1. The van der Waals surface area contributed by atoms with Crippen molar-refractivity contribution in [3.05, 3.63) is 30.2 Å². The quantitative estimate of drug-likeness (QED) is 0.861. The van der Waals surface area contributed by atoms with Crippen LogP contribution in [0.15, 0.2) is 28.8 Å². The molecule has 0 bridgehead atoms. The van der Waals surface area contributed by atoms with Gasteiger partial charge in [0.25, 0.3) is 5.91 Å². The third-order valence-corrected chi connectivity index (χ3v) is 4.69. The molecule has 6 heteroatoms. The van der Waals surface area contributed by atoms with Crippen molar-refractivity contribution < 1.29 is 13.9 Å². The predicted octanol–water partition coefficient (Wildman–Crippen LogP) is 1.62. The van der Waals surface area contributed by atoms with Crippen molar-refractivity contribution in [3.8, 4) is 0 Å². The van der Waals surface area contributed by atoms with E-state index in [-0.39, 0.29) is 5.91 Å². The van der Waals surface area contributed by atoms with Gasteiger partial charge in [0, 0.05) is 45.0 Å². The Morgan fingerprint density at radius 2 is 2.17 bits per heavy atom. The van der Waals surface area contributed by atoms with E-state index in [9.17, 15) is 4.79 Å². The maximum absolute atomic E-state index is 12.6. The highest BCUT2D eigenvalue weighted by Crippen LogP contribution is 2.23. The Morgan fingerprint density at radius 3 is 3.00 bits per heavy atom. The molecular weight excluding hydrogens is 294 g/mol. The molecule has 2 aliphatic heterocycles. The van der Waals surface area contributed by atoms with Crippen LogP contribution in [0.1, 0.15) is 17.0 Å². The van der Waals surface area contributed by atoms with Gasteiger partial charge in [-0.15, -0.1) is 0 Å². The van der Waals surface area contributed by atoms with Gasteiger partial charge in [-0.2, -0.15) is 0 Å². The van der Waals surface area contributed by atoms with Crippen molar-refractivity contribution in [1.82, 2.24) is 14.8 Å². The fraction of sp³-hybridized carbons (Fsp3) is 0.529. The first-order chi connectivity index (χ1) is 11.3. The molecule has 6 nitrogen and oxygen atoms in total. The van der Waals surface area contributed by atoms with Gasteiger partial charge in [0.15, 0.2) is 11.3 Å². The molecule has 2 aliphatic rings. The van der Waals surface area contributed by atoms with Crippen molar-refractivity contribution in [2.45, 2.75) is 6.42 Å². The van der Waals surface area contributed by atoms with E-state index in [0.717, 1.165) is 57.9 Å². The fourth-order valence-corrected chi connectivity index (χ4v) is 3.45. The molecule has 122 valence electrons. The van der Waals surface area contributed by atoms with Gasteiger partial charge in [0.05, 0.1) is 13.2 Å². The minimum absolute atomic E-state index is 0.0209. The molecule has 1 unspecified atom stereocenters. The van der Waals surface area contributed by atoms with E-state index < -0.39 is 0 Å². The second-order valence-electron chi connectivity index (χ2n) is 6.32. The van der Waals surface area contributed by atoms with Crippen LogP contribution in [-0.4, -0.2) is 66.6 Å². The van der Waals surface area contributed by atoms with Crippen molar-refractivity contribution in [3.63, 3.8) is 0 Å². The van der Waals surface area contributed by atoms with E-state index in [0.29, 0.717) is 17.3 Å². The first kappa shape index (κ1) is 14.7. The number of amides is 1. The number of nitrogens with zero attached hydrogens (tertiary/aromatic N) is 3. The largest absolute Gasteiger partial charge is 0.449 e. The summed E-state index contributed by atoms with van der Waals surface area (Å²) in [5, 5.41) is 0. The van der Waals surface area contributed by atoms with Crippen LogP contribution in [0.5, 0.6) is 0 Å². The van der Waals surface area contributed by atoms with Gasteiger partial charge >= 0.3 is 0 Å². The van der Waals surface area contributed by atoms with Crippen molar-refractivity contribution in [2.75, 3.05) is 45.9 Å². The zero-order valence-corrected chi connectivity index (χ0v) is 13.1. The number of ether oxygens (including phenoxy) is 1. The average molecular weight is 315 g/mol. The number of pyridine rings is 1. The van der Waals surface area contributed by atoms with Crippen LogP contribution in [0, 0.1) is 5.92 Å². The fourth-order valence-electron chi connectivity index (χ4n) is 3.45. The molecule has 2 fully saturated rings. The Balaban J connectivity index is 1.39. The first-order valence-electron chi connectivity index (χ1n) is 8.23. The molecule has 0 saturated carbocycles. The van der Waals surface area contributed by atoms with Gasteiger partial charge in [0.1, 0.15) is 5.52 Å². The number of aromatic nitrogens is 1. The third-order valence-electron chi connectivity index (χ3n) is 4.69. The molecule has 0 radical (unpaired) electrons. The molecule has 0 aromatic carbocycles. The normalized spacial score (nSPS) is 22.8. The summed E-state index contributed by atoms with van der Waals surface area (Å²) in [4.78, 5) is 21.2. The van der Waals surface area contributed by atoms with E-state index in [4.69, 9.17) is 9.15 Å². The summed E-state index contributed by atoms with van der Waals surface area (Å²) in [7, 11) is 0. The molecule has 4 heterocycles. The Hall–Kier alpha value is -1.92. The molecule has 0 N–H and O–H groups in total.